The van der Waals surface area contributed by atoms with Gasteiger partial charge in [0.25, 0.3) is 0 Å². The monoisotopic (exact) mass is 285 g/mol. The maximum absolute atomic E-state index is 12.0. The third-order valence-electron chi connectivity index (χ3n) is 3.68. The number of carboxylic acids is 1. The summed E-state index contributed by atoms with van der Waals surface area (Å²) in [6.45, 7) is 5.52. The zero-order valence-corrected chi connectivity index (χ0v) is 12.0. The van der Waals surface area contributed by atoms with Crippen LogP contribution in [0.1, 0.15) is 39.5 Å². The quantitative estimate of drug-likeness (QED) is 0.684. The van der Waals surface area contributed by atoms with Crippen molar-refractivity contribution in [1.82, 2.24) is 10.2 Å². The SMILES string of the molecule is CC1(C)CCN(C(=O)N[C@H](CCC(N)=O)C(=O)O)CC1. The molecule has 0 spiro atoms. The number of amides is 3. The number of likely N-dealkylation sites (tertiary alicyclic amines) is 1. The molecule has 1 aliphatic heterocycles. The van der Waals surface area contributed by atoms with Crippen molar-refractivity contribution >= 4 is 17.9 Å². The summed E-state index contributed by atoms with van der Waals surface area (Å²) >= 11 is 0. The van der Waals surface area contributed by atoms with Gasteiger partial charge in [-0.3, -0.25) is 4.79 Å². The van der Waals surface area contributed by atoms with Crippen molar-refractivity contribution in [2.45, 2.75) is 45.6 Å². The number of carbonyl (C=O) groups is 3. The summed E-state index contributed by atoms with van der Waals surface area (Å²) < 4.78 is 0. The highest BCUT2D eigenvalue weighted by molar-refractivity contribution is 5.83. The van der Waals surface area contributed by atoms with E-state index in [0.717, 1.165) is 12.8 Å². The molecule has 1 fully saturated rings. The summed E-state index contributed by atoms with van der Waals surface area (Å²) in [7, 11) is 0. The van der Waals surface area contributed by atoms with Gasteiger partial charge in [-0.1, -0.05) is 13.8 Å². The molecule has 7 heteroatoms. The minimum atomic E-state index is -1.16. The van der Waals surface area contributed by atoms with Gasteiger partial charge in [-0.15, -0.1) is 0 Å². The largest absolute Gasteiger partial charge is 0.480 e. The molecule has 0 aromatic carbocycles. The molecule has 1 atom stereocenters. The topological polar surface area (TPSA) is 113 Å². The van der Waals surface area contributed by atoms with Gasteiger partial charge in [0.15, 0.2) is 0 Å². The standard InChI is InChI=1S/C13H23N3O4/c1-13(2)5-7-16(8-6-13)12(20)15-9(11(18)19)3-4-10(14)17/h9H,3-8H2,1-2H3,(H2,14,17)(H,15,20)(H,18,19)/t9-/m1/s1. The number of nitrogens with two attached hydrogens (primary N) is 1. The zero-order chi connectivity index (χ0) is 15.3. The molecule has 3 amide bonds. The first-order valence-electron chi connectivity index (χ1n) is 6.78. The van der Waals surface area contributed by atoms with Gasteiger partial charge in [0.05, 0.1) is 0 Å². The molecule has 0 aromatic rings. The minimum absolute atomic E-state index is 0.00966. The Bertz CT molecular complexity index is 385. The Balaban J connectivity index is 2.50. The molecule has 20 heavy (non-hydrogen) atoms. The fourth-order valence-electron chi connectivity index (χ4n) is 2.10. The number of nitrogens with zero attached hydrogens (tertiary/aromatic N) is 1. The van der Waals surface area contributed by atoms with E-state index >= 15 is 0 Å². The molecule has 1 aliphatic rings. The normalized spacial score (nSPS) is 19.2. The van der Waals surface area contributed by atoms with E-state index in [9.17, 15) is 14.4 Å². The van der Waals surface area contributed by atoms with Crippen LogP contribution in [0, 0.1) is 5.41 Å². The average molecular weight is 285 g/mol. The van der Waals surface area contributed by atoms with Gasteiger partial charge in [0.2, 0.25) is 5.91 Å². The fourth-order valence-corrected chi connectivity index (χ4v) is 2.10. The third-order valence-corrected chi connectivity index (χ3v) is 3.68. The minimum Gasteiger partial charge on any atom is -0.480 e. The lowest BCUT2D eigenvalue weighted by Gasteiger charge is -2.37. The highest BCUT2D eigenvalue weighted by atomic mass is 16.4. The summed E-state index contributed by atoms with van der Waals surface area (Å²) in [5.41, 5.74) is 5.21. The molecule has 0 aliphatic carbocycles. The lowest BCUT2D eigenvalue weighted by atomic mass is 9.83. The molecule has 114 valence electrons. The number of nitrogens with one attached hydrogen (secondary N) is 1. The van der Waals surface area contributed by atoms with Crippen LogP contribution in [0.15, 0.2) is 0 Å². The maximum Gasteiger partial charge on any atom is 0.326 e. The summed E-state index contributed by atoms with van der Waals surface area (Å²) in [5.74, 6) is -1.73. The van der Waals surface area contributed by atoms with Gasteiger partial charge in [-0.2, -0.15) is 0 Å². The van der Waals surface area contributed by atoms with Crippen molar-refractivity contribution in [1.29, 1.82) is 0 Å². The number of urea groups is 1. The van der Waals surface area contributed by atoms with E-state index in [1.54, 1.807) is 4.90 Å². The summed E-state index contributed by atoms with van der Waals surface area (Å²) in [6, 6.07) is -1.47. The van der Waals surface area contributed by atoms with Crippen molar-refractivity contribution in [2.75, 3.05) is 13.1 Å². The molecule has 1 heterocycles. The average Bonchev–Trinajstić information content (AvgIpc) is 2.33. The maximum atomic E-state index is 12.0. The Morgan fingerprint density at radius 2 is 1.85 bits per heavy atom. The van der Waals surface area contributed by atoms with Crippen LogP contribution in [0.3, 0.4) is 0 Å². The number of aliphatic carboxylic acids is 1. The van der Waals surface area contributed by atoms with Gasteiger partial charge in [0.1, 0.15) is 6.04 Å². The van der Waals surface area contributed by atoms with Crippen LogP contribution < -0.4 is 11.1 Å². The fraction of sp³-hybridized carbons (Fsp3) is 0.769. The van der Waals surface area contributed by atoms with Gasteiger partial charge < -0.3 is 21.1 Å². The summed E-state index contributed by atoms with van der Waals surface area (Å²) in [4.78, 5) is 35.4. The predicted molar refractivity (Wildman–Crippen MR) is 73.0 cm³/mol. The number of hydrogen-bond donors (Lipinski definition) is 3. The van der Waals surface area contributed by atoms with Crippen LogP contribution in [0.2, 0.25) is 0 Å². The van der Waals surface area contributed by atoms with E-state index in [4.69, 9.17) is 10.8 Å². The highest BCUT2D eigenvalue weighted by Crippen LogP contribution is 2.29. The molecule has 0 aromatic heterocycles. The van der Waals surface area contributed by atoms with Crippen LogP contribution in [0.5, 0.6) is 0 Å². The second-order valence-corrected chi connectivity index (χ2v) is 6.00. The molecular weight excluding hydrogens is 262 g/mol. The van der Waals surface area contributed by atoms with Gasteiger partial charge in [-0.25, -0.2) is 9.59 Å². The second-order valence-electron chi connectivity index (χ2n) is 6.00. The van der Waals surface area contributed by atoms with Gasteiger partial charge in [0, 0.05) is 19.5 Å². The van der Waals surface area contributed by atoms with E-state index in [1.165, 1.54) is 0 Å². The van der Waals surface area contributed by atoms with Crippen molar-refractivity contribution in [3.63, 3.8) is 0 Å². The molecule has 1 rings (SSSR count). The first kappa shape index (κ1) is 16.3. The van der Waals surface area contributed by atoms with Gasteiger partial charge >= 0.3 is 12.0 Å². The Labute approximate surface area is 118 Å². The Hall–Kier alpha value is -1.79. The number of rotatable bonds is 5. The third kappa shape index (κ3) is 5.07. The first-order valence-corrected chi connectivity index (χ1v) is 6.78. The van der Waals surface area contributed by atoms with E-state index in [0.29, 0.717) is 13.1 Å². The second kappa shape index (κ2) is 6.58. The predicted octanol–water partition coefficient (Wildman–Crippen LogP) is 0.537. The number of carbonyl (C=O) groups excluding carboxylic acids is 2. The van der Waals surface area contributed by atoms with E-state index in [-0.39, 0.29) is 18.3 Å². The molecule has 0 radical (unpaired) electrons. The molecule has 4 N–H and O–H groups in total. The van der Waals surface area contributed by atoms with Crippen molar-refractivity contribution < 1.29 is 19.5 Å². The van der Waals surface area contributed by atoms with Gasteiger partial charge in [-0.05, 0) is 24.7 Å². The van der Waals surface area contributed by atoms with Crippen molar-refractivity contribution in [3.8, 4) is 0 Å². The molecule has 0 bridgehead atoms. The zero-order valence-electron chi connectivity index (χ0n) is 12.0. The van der Waals surface area contributed by atoms with Crippen molar-refractivity contribution in [3.05, 3.63) is 0 Å². The lowest BCUT2D eigenvalue weighted by Crippen LogP contribution is -2.51. The highest BCUT2D eigenvalue weighted by Gasteiger charge is 2.29. The van der Waals surface area contributed by atoms with Crippen molar-refractivity contribution in [2.24, 2.45) is 11.1 Å². The smallest absolute Gasteiger partial charge is 0.326 e. The Morgan fingerprint density at radius 3 is 2.30 bits per heavy atom. The molecule has 1 saturated heterocycles. The lowest BCUT2D eigenvalue weighted by molar-refractivity contribution is -0.139. The van der Waals surface area contributed by atoms with Crippen LogP contribution in [0.4, 0.5) is 4.79 Å². The first-order chi connectivity index (χ1) is 9.21. The number of carboxylic acid groups (broad SMARTS) is 1. The summed E-state index contributed by atoms with van der Waals surface area (Å²) in [5, 5.41) is 11.5. The molecular formula is C13H23N3O4. The van der Waals surface area contributed by atoms with E-state index in [1.807, 2.05) is 0 Å². The molecule has 0 unspecified atom stereocenters. The molecule has 7 nitrogen and oxygen atoms in total. The van der Waals surface area contributed by atoms with Crippen LogP contribution in [-0.2, 0) is 9.59 Å². The van der Waals surface area contributed by atoms with Crippen LogP contribution in [0.25, 0.3) is 0 Å². The van der Waals surface area contributed by atoms with E-state index < -0.39 is 23.9 Å². The van der Waals surface area contributed by atoms with E-state index in [2.05, 4.69) is 19.2 Å². The Morgan fingerprint density at radius 1 is 1.30 bits per heavy atom. The Kier molecular flexibility index (Phi) is 5.35. The number of hydrogen-bond acceptors (Lipinski definition) is 3. The number of primary amides is 1. The summed E-state index contributed by atoms with van der Waals surface area (Å²) in [6.07, 6.45) is 1.72. The van der Waals surface area contributed by atoms with Crippen LogP contribution in [-0.4, -0.2) is 47.0 Å². The molecule has 0 saturated carbocycles. The van der Waals surface area contributed by atoms with Crippen LogP contribution >= 0.6 is 0 Å². The number of piperidine rings is 1.